The van der Waals surface area contributed by atoms with Gasteiger partial charge in [-0.25, -0.2) is 0 Å². The monoisotopic (exact) mass is 406 g/mol. The first kappa shape index (κ1) is 16.3. The first-order chi connectivity index (χ1) is 9.90. The van der Waals surface area contributed by atoms with Crippen molar-refractivity contribution < 1.29 is 13.2 Å². The molecule has 21 heavy (non-hydrogen) atoms. The lowest BCUT2D eigenvalue weighted by Crippen LogP contribution is -2.29. The summed E-state index contributed by atoms with van der Waals surface area (Å²) in [6.07, 6.45) is -3.94. The van der Waals surface area contributed by atoms with Gasteiger partial charge in [-0.05, 0) is 58.3 Å². The Morgan fingerprint density at radius 1 is 1.10 bits per heavy atom. The zero-order valence-corrected chi connectivity index (χ0v) is 13.1. The number of benzene rings is 2. The van der Waals surface area contributed by atoms with Crippen molar-refractivity contribution in [2.75, 3.05) is 0 Å². The van der Waals surface area contributed by atoms with Gasteiger partial charge in [0.05, 0.1) is 5.56 Å². The summed E-state index contributed by atoms with van der Waals surface area (Å²) in [4.78, 5) is 0. The molecule has 2 rings (SSSR count). The number of hydrazine groups is 1. The molecular weight excluding hydrogens is 392 g/mol. The van der Waals surface area contributed by atoms with Gasteiger partial charge < -0.3 is 0 Å². The molecule has 0 aromatic heterocycles. The van der Waals surface area contributed by atoms with Crippen molar-refractivity contribution in [3.8, 4) is 0 Å². The van der Waals surface area contributed by atoms with Crippen LogP contribution in [0.1, 0.15) is 22.7 Å². The second-order valence-electron chi connectivity index (χ2n) is 4.67. The van der Waals surface area contributed by atoms with Crippen LogP contribution < -0.4 is 11.3 Å². The van der Waals surface area contributed by atoms with Crippen molar-refractivity contribution in [2.45, 2.75) is 18.6 Å². The van der Waals surface area contributed by atoms with Gasteiger partial charge in [0.2, 0.25) is 0 Å². The van der Waals surface area contributed by atoms with Crippen molar-refractivity contribution in [1.29, 1.82) is 0 Å². The maximum Gasteiger partial charge on any atom is 0.416 e. The van der Waals surface area contributed by atoms with E-state index in [2.05, 4.69) is 28.0 Å². The Morgan fingerprint density at radius 3 is 2.33 bits per heavy atom. The van der Waals surface area contributed by atoms with Crippen LogP contribution in [-0.2, 0) is 12.6 Å². The number of halogens is 4. The van der Waals surface area contributed by atoms with E-state index >= 15 is 0 Å². The van der Waals surface area contributed by atoms with Crippen molar-refractivity contribution >= 4 is 22.6 Å². The summed E-state index contributed by atoms with van der Waals surface area (Å²) < 4.78 is 39.2. The SMILES string of the molecule is NNC(Cc1cccc(C(F)(F)F)c1)c1ccc(I)cc1. The number of hydrogen-bond donors (Lipinski definition) is 2. The van der Waals surface area contributed by atoms with E-state index in [0.29, 0.717) is 12.0 Å². The van der Waals surface area contributed by atoms with Crippen LogP contribution >= 0.6 is 22.6 Å². The topological polar surface area (TPSA) is 38.0 Å². The highest BCUT2D eigenvalue weighted by Gasteiger charge is 2.30. The average Bonchev–Trinajstić information content (AvgIpc) is 2.45. The largest absolute Gasteiger partial charge is 0.416 e. The number of nitrogens with two attached hydrogens (primary N) is 1. The molecule has 3 N–H and O–H groups in total. The van der Waals surface area contributed by atoms with E-state index in [4.69, 9.17) is 5.84 Å². The summed E-state index contributed by atoms with van der Waals surface area (Å²) >= 11 is 2.19. The van der Waals surface area contributed by atoms with Crippen molar-refractivity contribution in [1.82, 2.24) is 5.43 Å². The van der Waals surface area contributed by atoms with Crippen molar-refractivity contribution in [3.63, 3.8) is 0 Å². The summed E-state index contributed by atoms with van der Waals surface area (Å²) in [6, 6.07) is 12.8. The fourth-order valence-corrected chi connectivity index (χ4v) is 2.44. The molecule has 0 spiro atoms. The quantitative estimate of drug-likeness (QED) is 0.457. The van der Waals surface area contributed by atoms with Crippen LogP contribution in [0.15, 0.2) is 48.5 Å². The molecule has 6 heteroatoms. The highest BCUT2D eigenvalue weighted by Crippen LogP contribution is 2.30. The third-order valence-corrected chi connectivity index (χ3v) is 3.89. The molecule has 0 radical (unpaired) electrons. The number of alkyl halides is 3. The Morgan fingerprint density at radius 2 is 1.76 bits per heavy atom. The van der Waals surface area contributed by atoms with Gasteiger partial charge in [-0.2, -0.15) is 13.2 Å². The van der Waals surface area contributed by atoms with E-state index in [1.807, 2.05) is 24.3 Å². The Kier molecular flexibility index (Phi) is 5.23. The molecule has 0 fully saturated rings. The van der Waals surface area contributed by atoms with Gasteiger partial charge in [-0.1, -0.05) is 30.3 Å². The zero-order chi connectivity index (χ0) is 15.5. The summed E-state index contributed by atoms with van der Waals surface area (Å²) in [7, 11) is 0. The van der Waals surface area contributed by atoms with Gasteiger partial charge in [0.15, 0.2) is 0 Å². The second kappa shape index (κ2) is 6.76. The Hall–Kier alpha value is -1.12. The van der Waals surface area contributed by atoms with E-state index in [-0.39, 0.29) is 6.04 Å². The third-order valence-electron chi connectivity index (χ3n) is 3.17. The van der Waals surface area contributed by atoms with E-state index in [1.54, 1.807) is 6.07 Å². The summed E-state index contributed by atoms with van der Waals surface area (Å²) in [5, 5.41) is 0. The van der Waals surface area contributed by atoms with Gasteiger partial charge in [-0.3, -0.25) is 11.3 Å². The van der Waals surface area contributed by atoms with Crippen LogP contribution in [0.4, 0.5) is 13.2 Å². The van der Waals surface area contributed by atoms with Crippen molar-refractivity contribution in [2.24, 2.45) is 5.84 Å². The molecule has 2 nitrogen and oxygen atoms in total. The molecule has 0 heterocycles. The highest BCUT2D eigenvalue weighted by atomic mass is 127. The standard InChI is InChI=1S/C15H14F3IN2/c16-15(17,18)12-3-1-2-10(8-12)9-14(21-20)11-4-6-13(19)7-5-11/h1-8,14,21H,9,20H2. The Bertz CT molecular complexity index is 597. The number of nitrogens with one attached hydrogen (secondary N) is 1. The Labute approximate surface area is 134 Å². The van der Waals surface area contributed by atoms with Crippen LogP contribution in [0, 0.1) is 3.57 Å². The van der Waals surface area contributed by atoms with Crippen molar-refractivity contribution in [3.05, 3.63) is 68.8 Å². The normalized spacial score (nSPS) is 13.2. The summed E-state index contributed by atoms with van der Waals surface area (Å²) in [5.41, 5.74) is 3.55. The molecule has 0 aliphatic rings. The first-order valence-corrected chi connectivity index (χ1v) is 7.36. The number of rotatable bonds is 4. The fraction of sp³-hybridized carbons (Fsp3) is 0.200. The Balaban J connectivity index is 2.21. The fourth-order valence-electron chi connectivity index (χ4n) is 2.08. The van der Waals surface area contributed by atoms with E-state index in [0.717, 1.165) is 21.3 Å². The molecule has 112 valence electrons. The molecule has 0 bridgehead atoms. The van der Waals surface area contributed by atoms with Gasteiger partial charge in [0.25, 0.3) is 0 Å². The predicted octanol–water partition coefficient (Wildman–Crippen LogP) is 4.06. The predicted molar refractivity (Wildman–Crippen MR) is 84.4 cm³/mol. The molecule has 2 aromatic carbocycles. The van der Waals surface area contributed by atoms with Crippen LogP contribution in [0.2, 0.25) is 0 Å². The van der Waals surface area contributed by atoms with Crippen LogP contribution in [0.5, 0.6) is 0 Å². The minimum absolute atomic E-state index is 0.231. The molecule has 0 aliphatic heterocycles. The van der Waals surface area contributed by atoms with E-state index in [9.17, 15) is 13.2 Å². The third kappa shape index (κ3) is 4.42. The molecule has 0 saturated heterocycles. The molecule has 0 aliphatic carbocycles. The molecule has 0 saturated carbocycles. The molecule has 0 amide bonds. The lowest BCUT2D eigenvalue weighted by atomic mass is 9.98. The lowest BCUT2D eigenvalue weighted by molar-refractivity contribution is -0.137. The minimum atomic E-state index is -4.33. The minimum Gasteiger partial charge on any atom is -0.271 e. The summed E-state index contributed by atoms with van der Waals surface area (Å²) in [5.74, 6) is 5.54. The first-order valence-electron chi connectivity index (χ1n) is 6.28. The zero-order valence-electron chi connectivity index (χ0n) is 11.0. The second-order valence-corrected chi connectivity index (χ2v) is 5.92. The number of hydrogen-bond acceptors (Lipinski definition) is 2. The molecule has 1 unspecified atom stereocenters. The molecule has 2 aromatic rings. The van der Waals surface area contributed by atoms with Gasteiger partial charge in [-0.15, -0.1) is 0 Å². The van der Waals surface area contributed by atoms with Gasteiger partial charge in [0, 0.05) is 9.61 Å². The highest BCUT2D eigenvalue weighted by molar-refractivity contribution is 14.1. The van der Waals surface area contributed by atoms with Crippen LogP contribution in [-0.4, -0.2) is 0 Å². The van der Waals surface area contributed by atoms with Crippen LogP contribution in [0.3, 0.4) is 0 Å². The van der Waals surface area contributed by atoms with Crippen LogP contribution in [0.25, 0.3) is 0 Å². The van der Waals surface area contributed by atoms with E-state index < -0.39 is 11.7 Å². The lowest BCUT2D eigenvalue weighted by Gasteiger charge is -2.17. The van der Waals surface area contributed by atoms with E-state index in [1.165, 1.54) is 6.07 Å². The molecular formula is C15H14F3IN2. The summed E-state index contributed by atoms with van der Waals surface area (Å²) in [6.45, 7) is 0. The maximum absolute atomic E-state index is 12.7. The maximum atomic E-state index is 12.7. The molecule has 1 atom stereocenters. The van der Waals surface area contributed by atoms with Gasteiger partial charge >= 0.3 is 6.18 Å². The smallest absolute Gasteiger partial charge is 0.271 e. The average molecular weight is 406 g/mol. The van der Waals surface area contributed by atoms with Gasteiger partial charge in [0.1, 0.15) is 0 Å².